The second kappa shape index (κ2) is 3.92. The smallest absolute Gasteiger partial charge is 0.246 e. The number of amides is 2. The summed E-state index contributed by atoms with van der Waals surface area (Å²) in [5.41, 5.74) is 1.14. The number of rotatable bonds is 1. The molecule has 1 aliphatic heterocycles. The highest BCUT2D eigenvalue weighted by molar-refractivity contribution is 6.04. The largest absolute Gasteiger partial charge is 0.345 e. The van der Waals surface area contributed by atoms with Crippen molar-refractivity contribution in [3.05, 3.63) is 29.6 Å². The first-order valence-electron chi connectivity index (χ1n) is 4.90. The van der Waals surface area contributed by atoms with Gasteiger partial charge in [-0.15, -0.1) is 0 Å². The van der Waals surface area contributed by atoms with Crippen LogP contribution >= 0.6 is 0 Å². The molecule has 0 bridgehead atoms. The van der Waals surface area contributed by atoms with Gasteiger partial charge in [0.1, 0.15) is 12.4 Å². The number of nitrogens with one attached hydrogen (secondary N) is 1. The van der Waals surface area contributed by atoms with E-state index in [1.165, 1.54) is 17.0 Å². The van der Waals surface area contributed by atoms with Gasteiger partial charge in [0.15, 0.2) is 0 Å². The van der Waals surface area contributed by atoms with Gasteiger partial charge in [0.05, 0.1) is 6.54 Å². The van der Waals surface area contributed by atoms with Gasteiger partial charge in [0, 0.05) is 5.69 Å². The first kappa shape index (κ1) is 10.6. The Balaban J connectivity index is 2.34. The highest BCUT2D eigenvalue weighted by Gasteiger charge is 2.24. The van der Waals surface area contributed by atoms with Crippen LogP contribution in [0, 0.1) is 12.7 Å². The summed E-state index contributed by atoms with van der Waals surface area (Å²) in [6.45, 7) is 1.65. The van der Waals surface area contributed by atoms with E-state index in [1.54, 1.807) is 13.0 Å². The maximum atomic E-state index is 13.2. The third-order valence-electron chi connectivity index (χ3n) is 2.38. The maximum absolute atomic E-state index is 13.2. The quantitative estimate of drug-likeness (QED) is 0.756. The van der Waals surface area contributed by atoms with E-state index in [-0.39, 0.29) is 24.9 Å². The molecule has 1 heterocycles. The number of hydrogen-bond donors (Lipinski definition) is 1. The molecule has 1 aromatic rings. The van der Waals surface area contributed by atoms with Gasteiger partial charge in [0.2, 0.25) is 11.8 Å². The van der Waals surface area contributed by atoms with Gasteiger partial charge in [-0.3, -0.25) is 9.59 Å². The van der Waals surface area contributed by atoms with Crippen molar-refractivity contribution in [2.24, 2.45) is 0 Å². The molecule has 1 N–H and O–H groups in total. The molecule has 5 heteroatoms. The molecule has 1 saturated heterocycles. The van der Waals surface area contributed by atoms with Crippen LogP contribution in [-0.2, 0) is 9.59 Å². The Morgan fingerprint density at radius 2 is 2.06 bits per heavy atom. The lowest BCUT2D eigenvalue weighted by Gasteiger charge is -2.26. The Kier molecular flexibility index (Phi) is 2.60. The highest BCUT2D eigenvalue weighted by Crippen LogP contribution is 2.19. The summed E-state index contributed by atoms with van der Waals surface area (Å²) in [4.78, 5) is 24.0. The number of benzene rings is 1. The molecule has 0 atom stereocenters. The van der Waals surface area contributed by atoms with Crippen molar-refractivity contribution in [3.63, 3.8) is 0 Å². The fraction of sp³-hybridized carbons (Fsp3) is 0.273. The predicted octanol–water partition coefficient (Wildman–Crippen LogP) is 0.597. The maximum Gasteiger partial charge on any atom is 0.246 e. The second-order valence-corrected chi connectivity index (χ2v) is 3.74. The van der Waals surface area contributed by atoms with Gasteiger partial charge in [-0.05, 0) is 30.7 Å². The van der Waals surface area contributed by atoms with Crippen LogP contribution in [0.3, 0.4) is 0 Å². The van der Waals surface area contributed by atoms with E-state index in [4.69, 9.17) is 0 Å². The molecule has 84 valence electrons. The van der Waals surface area contributed by atoms with Crippen molar-refractivity contribution in [1.29, 1.82) is 0 Å². The topological polar surface area (TPSA) is 49.4 Å². The first-order valence-corrected chi connectivity index (χ1v) is 4.90. The highest BCUT2D eigenvalue weighted by atomic mass is 19.1. The monoisotopic (exact) mass is 222 g/mol. The molecule has 1 fully saturated rings. The van der Waals surface area contributed by atoms with Crippen LogP contribution in [0.2, 0.25) is 0 Å². The van der Waals surface area contributed by atoms with Crippen LogP contribution in [0.25, 0.3) is 0 Å². The fourth-order valence-electron chi connectivity index (χ4n) is 1.67. The zero-order valence-corrected chi connectivity index (χ0v) is 8.79. The standard InChI is InChI=1S/C11H11FN2O2/c1-7-2-8(12)4-9(3-7)14-6-10(15)13-5-11(14)16/h2-4H,5-6H2,1H3,(H,13,15). The van der Waals surface area contributed by atoms with Crippen molar-refractivity contribution >= 4 is 17.5 Å². The molecule has 0 aliphatic carbocycles. The minimum absolute atomic E-state index is 0.0333. The number of carbonyl (C=O) groups excluding carboxylic acids is 2. The summed E-state index contributed by atoms with van der Waals surface area (Å²) < 4.78 is 13.2. The molecule has 2 amide bonds. The Labute approximate surface area is 92.0 Å². The van der Waals surface area contributed by atoms with Crippen molar-refractivity contribution in [1.82, 2.24) is 5.32 Å². The van der Waals surface area contributed by atoms with Crippen LogP contribution in [0.15, 0.2) is 18.2 Å². The number of anilines is 1. The summed E-state index contributed by atoms with van der Waals surface area (Å²) in [5, 5.41) is 2.44. The van der Waals surface area contributed by atoms with E-state index < -0.39 is 5.82 Å². The van der Waals surface area contributed by atoms with E-state index in [0.29, 0.717) is 11.3 Å². The zero-order chi connectivity index (χ0) is 11.7. The lowest BCUT2D eigenvalue weighted by Crippen LogP contribution is -2.51. The number of aryl methyl sites for hydroxylation is 1. The van der Waals surface area contributed by atoms with Crippen LogP contribution < -0.4 is 10.2 Å². The van der Waals surface area contributed by atoms with E-state index in [2.05, 4.69) is 5.32 Å². The lowest BCUT2D eigenvalue weighted by molar-refractivity contribution is -0.128. The van der Waals surface area contributed by atoms with Crippen molar-refractivity contribution in [2.45, 2.75) is 6.92 Å². The SMILES string of the molecule is Cc1cc(F)cc(N2CC(=O)NCC2=O)c1. The Morgan fingerprint density at radius 3 is 2.75 bits per heavy atom. The molecule has 1 aromatic carbocycles. The molecule has 4 nitrogen and oxygen atoms in total. The molecular formula is C11H11FN2O2. The van der Waals surface area contributed by atoms with Crippen LogP contribution in [0.1, 0.15) is 5.56 Å². The average Bonchev–Trinajstić information content (AvgIpc) is 2.20. The van der Waals surface area contributed by atoms with E-state index in [1.807, 2.05) is 0 Å². The summed E-state index contributed by atoms with van der Waals surface area (Å²) in [7, 11) is 0. The van der Waals surface area contributed by atoms with Gasteiger partial charge in [0.25, 0.3) is 0 Å². The summed E-state index contributed by atoms with van der Waals surface area (Å²) >= 11 is 0. The van der Waals surface area contributed by atoms with Crippen molar-refractivity contribution in [2.75, 3.05) is 18.0 Å². The molecule has 1 aliphatic rings. The van der Waals surface area contributed by atoms with Crippen molar-refractivity contribution < 1.29 is 14.0 Å². The molecule has 2 rings (SSSR count). The fourth-order valence-corrected chi connectivity index (χ4v) is 1.67. The summed E-state index contributed by atoms with van der Waals surface area (Å²) in [6, 6.07) is 4.31. The average molecular weight is 222 g/mol. The minimum atomic E-state index is -0.409. The van der Waals surface area contributed by atoms with E-state index in [0.717, 1.165) is 0 Å². The molecule has 16 heavy (non-hydrogen) atoms. The van der Waals surface area contributed by atoms with Gasteiger partial charge in [-0.1, -0.05) is 0 Å². The number of nitrogens with zero attached hydrogens (tertiary/aromatic N) is 1. The lowest BCUT2D eigenvalue weighted by atomic mass is 10.2. The molecule has 0 unspecified atom stereocenters. The van der Waals surface area contributed by atoms with E-state index in [9.17, 15) is 14.0 Å². The molecule has 0 aromatic heterocycles. The van der Waals surface area contributed by atoms with Crippen molar-refractivity contribution in [3.8, 4) is 0 Å². The second-order valence-electron chi connectivity index (χ2n) is 3.74. The number of carbonyl (C=O) groups is 2. The first-order chi connectivity index (χ1) is 7.56. The Hall–Kier alpha value is -1.91. The van der Waals surface area contributed by atoms with E-state index >= 15 is 0 Å². The van der Waals surface area contributed by atoms with Gasteiger partial charge < -0.3 is 10.2 Å². The Bertz CT molecular complexity index is 439. The van der Waals surface area contributed by atoms with Crippen LogP contribution in [-0.4, -0.2) is 24.9 Å². The molecular weight excluding hydrogens is 211 g/mol. The van der Waals surface area contributed by atoms with Crippen LogP contribution in [0.4, 0.5) is 10.1 Å². The summed E-state index contributed by atoms with van der Waals surface area (Å²) in [5.74, 6) is -0.875. The molecule has 0 radical (unpaired) electrons. The molecule has 0 spiro atoms. The number of halogens is 1. The van der Waals surface area contributed by atoms with Gasteiger partial charge in [-0.25, -0.2) is 4.39 Å². The Morgan fingerprint density at radius 1 is 1.31 bits per heavy atom. The third kappa shape index (κ3) is 2.03. The zero-order valence-electron chi connectivity index (χ0n) is 8.79. The number of piperazine rings is 1. The minimum Gasteiger partial charge on any atom is -0.345 e. The third-order valence-corrected chi connectivity index (χ3v) is 2.38. The van der Waals surface area contributed by atoms with Gasteiger partial charge in [-0.2, -0.15) is 0 Å². The normalized spacial score (nSPS) is 16.2. The predicted molar refractivity (Wildman–Crippen MR) is 56.5 cm³/mol. The number of hydrogen-bond acceptors (Lipinski definition) is 2. The summed E-state index contributed by atoms with van der Waals surface area (Å²) in [6.07, 6.45) is 0. The molecule has 0 saturated carbocycles. The van der Waals surface area contributed by atoms with Crippen LogP contribution in [0.5, 0.6) is 0 Å². The van der Waals surface area contributed by atoms with Gasteiger partial charge >= 0.3 is 0 Å².